The third-order valence-electron chi connectivity index (χ3n) is 4.33. The van der Waals surface area contributed by atoms with E-state index in [4.69, 9.17) is 4.55 Å². The number of hydrogen-bond acceptors (Lipinski definition) is 3. The normalized spacial score (nSPS) is 14.5. The van der Waals surface area contributed by atoms with E-state index in [2.05, 4.69) is 13.8 Å². The molecule has 0 saturated carbocycles. The Kier molecular flexibility index (Phi) is 10.5. The fraction of sp³-hybridized carbons (Fsp3) is 1.00. The first kappa shape index (κ1) is 21.9. The summed E-state index contributed by atoms with van der Waals surface area (Å²) in [6.45, 7) is 7.57. The Bertz CT molecular complexity index is 374. The molecule has 0 bridgehead atoms. The van der Waals surface area contributed by atoms with E-state index < -0.39 is 14.9 Å². The van der Waals surface area contributed by atoms with Crippen LogP contribution in [-0.4, -0.2) is 28.9 Å². The molecule has 1 atom stereocenters. The molecule has 0 fully saturated rings. The molecule has 22 heavy (non-hydrogen) atoms. The van der Waals surface area contributed by atoms with Crippen molar-refractivity contribution in [1.29, 1.82) is 0 Å². The highest BCUT2D eigenvalue weighted by Crippen LogP contribution is 2.23. The van der Waals surface area contributed by atoms with E-state index in [-0.39, 0.29) is 6.10 Å². The lowest BCUT2D eigenvalue weighted by atomic mass is 9.99. The lowest BCUT2D eigenvalue weighted by Gasteiger charge is -2.20. The molecule has 0 saturated heterocycles. The quantitative estimate of drug-likeness (QED) is 0.381. The zero-order chi connectivity index (χ0) is 17.2. The van der Waals surface area contributed by atoms with Gasteiger partial charge in [0.1, 0.15) is 0 Å². The monoisotopic (exact) mass is 336 g/mol. The topological polar surface area (TPSA) is 74.6 Å². The lowest BCUT2D eigenvalue weighted by molar-refractivity contribution is 0.147. The van der Waals surface area contributed by atoms with Crippen molar-refractivity contribution in [2.45, 2.75) is 103 Å². The van der Waals surface area contributed by atoms with Crippen molar-refractivity contribution in [3.8, 4) is 0 Å². The van der Waals surface area contributed by atoms with E-state index >= 15 is 0 Å². The molecule has 0 aromatic carbocycles. The molecule has 0 rings (SSSR count). The van der Waals surface area contributed by atoms with Gasteiger partial charge in [-0.1, -0.05) is 58.8 Å². The molecule has 4 nitrogen and oxygen atoms in total. The average Bonchev–Trinajstić information content (AvgIpc) is 2.36. The lowest BCUT2D eigenvalue weighted by Crippen LogP contribution is -2.31. The van der Waals surface area contributed by atoms with E-state index in [9.17, 15) is 13.5 Å². The predicted molar refractivity (Wildman–Crippen MR) is 92.6 cm³/mol. The first-order valence-corrected chi connectivity index (χ1v) is 10.2. The number of aliphatic hydroxyl groups is 1. The van der Waals surface area contributed by atoms with E-state index in [1.54, 1.807) is 13.8 Å². The van der Waals surface area contributed by atoms with Gasteiger partial charge in [-0.25, -0.2) is 0 Å². The highest BCUT2D eigenvalue weighted by molar-refractivity contribution is 7.87. The van der Waals surface area contributed by atoms with Gasteiger partial charge in [0, 0.05) is 0 Å². The summed E-state index contributed by atoms with van der Waals surface area (Å²) in [5.74, 6) is 0.761. The van der Waals surface area contributed by atoms with Crippen LogP contribution in [0.4, 0.5) is 0 Å². The fourth-order valence-corrected chi connectivity index (χ4v) is 2.89. The minimum atomic E-state index is -3.98. The second kappa shape index (κ2) is 10.6. The van der Waals surface area contributed by atoms with Gasteiger partial charge < -0.3 is 5.11 Å². The van der Waals surface area contributed by atoms with E-state index in [1.165, 1.54) is 19.3 Å². The molecule has 0 aliphatic carbocycles. The van der Waals surface area contributed by atoms with Crippen molar-refractivity contribution >= 4 is 10.1 Å². The van der Waals surface area contributed by atoms with Crippen LogP contribution in [0.3, 0.4) is 0 Å². The number of rotatable bonds is 13. The summed E-state index contributed by atoms with van der Waals surface area (Å²) >= 11 is 0. The van der Waals surface area contributed by atoms with Crippen LogP contribution in [-0.2, 0) is 10.1 Å². The molecule has 5 heteroatoms. The van der Waals surface area contributed by atoms with Gasteiger partial charge in [-0.05, 0) is 39.0 Å². The first-order chi connectivity index (χ1) is 10.1. The van der Waals surface area contributed by atoms with Crippen molar-refractivity contribution in [3.05, 3.63) is 0 Å². The van der Waals surface area contributed by atoms with E-state index in [1.807, 2.05) is 0 Å². The summed E-state index contributed by atoms with van der Waals surface area (Å²) in [7, 11) is -3.98. The molecule has 0 aromatic rings. The number of hydrogen-bond donors (Lipinski definition) is 2. The molecule has 1 unspecified atom stereocenters. The maximum atomic E-state index is 11.2. The molecule has 0 aliphatic rings. The Morgan fingerprint density at radius 3 is 1.77 bits per heavy atom. The second-order valence-electron chi connectivity index (χ2n) is 7.52. The van der Waals surface area contributed by atoms with Crippen LogP contribution in [0.2, 0.25) is 0 Å². The van der Waals surface area contributed by atoms with Crippen molar-refractivity contribution in [1.82, 2.24) is 0 Å². The molecular formula is C17H36O4S. The molecule has 0 aromatic heterocycles. The molecule has 0 aliphatic heterocycles. The summed E-state index contributed by atoms with van der Waals surface area (Å²) in [5, 5.41) is 9.91. The van der Waals surface area contributed by atoms with Gasteiger partial charge in [-0.2, -0.15) is 8.42 Å². The van der Waals surface area contributed by atoms with Gasteiger partial charge in [-0.15, -0.1) is 0 Å². The summed E-state index contributed by atoms with van der Waals surface area (Å²) in [5.41, 5.74) is 0. The predicted octanol–water partition coefficient (Wildman–Crippen LogP) is 4.57. The van der Waals surface area contributed by atoms with Crippen LogP contribution in [0.1, 0.15) is 91.9 Å². The zero-order valence-corrected chi connectivity index (χ0v) is 15.7. The van der Waals surface area contributed by atoms with E-state index in [0.29, 0.717) is 6.42 Å². The van der Waals surface area contributed by atoms with Crippen molar-refractivity contribution in [2.24, 2.45) is 5.92 Å². The zero-order valence-electron chi connectivity index (χ0n) is 14.8. The number of aliphatic hydroxyl groups excluding tert-OH is 1. The van der Waals surface area contributed by atoms with Gasteiger partial charge in [-0.3, -0.25) is 4.55 Å². The molecule has 0 heterocycles. The van der Waals surface area contributed by atoms with Crippen molar-refractivity contribution in [3.63, 3.8) is 0 Å². The van der Waals surface area contributed by atoms with Gasteiger partial charge in [0.05, 0.1) is 10.9 Å². The van der Waals surface area contributed by atoms with Gasteiger partial charge in [0.25, 0.3) is 10.1 Å². The van der Waals surface area contributed by atoms with Crippen molar-refractivity contribution < 1.29 is 18.1 Å². The minimum absolute atomic E-state index is 0.228. The Balaban J connectivity index is 3.59. The molecule has 0 spiro atoms. The first-order valence-electron chi connectivity index (χ1n) is 8.71. The molecule has 0 amide bonds. The standard InChI is InChI=1S/C17H36O4S/c1-15(2)11-7-5-8-12-16(18)13-9-6-10-14-17(3,4)22(19,20)21/h15-16,18H,5-14H2,1-4H3,(H,19,20,21). The molecule has 2 N–H and O–H groups in total. The summed E-state index contributed by atoms with van der Waals surface area (Å²) in [4.78, 5) is 0. The van der Waals surface area contributed by atoms with Gasteiger partial charge in [0.15, 0.2) is 0 Å². The van der Waals surface area contributed by atoms with Crippen LogP contribution < -0.4 is 0 Å². The summed E-state index contributed by atoms with van der Waals surface area (Å²) in [6, 6.07) is 0. The van der Waals surface area contributed by atoms with Crippen molar-refractivity contribution in [2.75, 3.05) is 0 Å². The maximum absolute atomic E-state index is 11.2. The van der Waals surface area contributed by atoms with Crippen LogP contribution in [0.15, 0.2) is 0 Å². The highest BCUT2D eigenvalue weighted by Gasteiger charge is 2.31. The SMILES string of the molecule is CC(C)CCCCCC(O)CCCCCC(C)(C)S(=O)(=O)O. The van der Waals surface area contributed by atoms with Crippen LogP contribution >= 0.6 is 0 Å². The van der Waals surface area contributed by atoms with Crippen LogP contribution in [0.5, 0.6) is 0 Å². The Labute approximate surface area is 137 Å². The Morgan fingerprint density at radius 2 is 1.32 bits per heavy atom. The molecular weight excluding hydrogens is 300 g/mol. The summed E-state index contributed by atoms with van der Waals surface area (Å²) in [6.07, 6.45) is 9.23. The summed E-state index contributed by atoms with van der Waals surface area (Å²) < 4.78 is 30.3. The Morgan fingerprint density at radius 1 is 0.864 bits per heavy atom. The minimum Gasteiger partial charge on any atom is -0.393 e. The van der Waals surface area contributed by atoms with Crippen LogP contribution in [0.25, 0.3) is 0 Å². The van der Waals surface area contributed by atoms with Gasteiger partial charge in [0.2, 0.25) is 0 Å². The molecule has 0 radical (unpaired) electrons. The molecule has 134 valence electrons. The van der Waals surface area contributed by atoms with E-state index in [0.717, 1.165) is 44.4 Å². The maximum Gasteiger partial charge on any atom is 0.270 e. The average molecular weight is 337 g/mol. The Hall–Kier alpha value is -0.130. The third kappa shape index (κ3) is 10.6. The highest BCUT2D eigenvalue weighted by atomic mass is 32.2. The number of unbranched alkanes of at least 4 members (excludes halogenated alkanes) is 4. The second-order valence-corrected chi connectivity index (χ2v) is 9.58. The largest absolute Gasteiger partial charge is 0.393 e. The third-order valence-corrected chi connectivity index (χ3v) is 5.93. The smallest absolute Gasteiger partial charge is 0.270 e. The van der Waals surface area contributed by atoms with Gasteiger partial charge >= 0.3 is 0 Å². The van der Waals surface area contributed by atoms with Crippen LogP contribution in [0, 0.1) is 5.92 Å². The fourth-order valence-electron chi connectivity index (χ4n) is 2.49.